The van der Waals surface area contributed by atoms with Crippen molar-refractivity contribution in [1.29, 1.82) is 0 Å². The molecular formula is C22H26N4O3S3. The molecule has 0 fully saturated rings. The van der Waals surface area contributed by atoms with Crippen LogP contribution in [-0.4, -0.2) is 36.5 Å². The number of aromatic nitrogens is 2. The van der Waals surface area contributed by atoms with Crippen LogP contribution in [0.4, 0.5) is 10.8 Å². The summed E-state index contributed by atoms with van der Waals surface area (Å²) in [5, 5.41) is 11.3. The number of nitrogens with zero attached hydrogens (tertiary/aromatic N) is 3. The molecule has 1 amide bonds. The molecule has 2 aromatic carbocycles. The highest BCUT2D eigenvalue weighted by molar-refractivity contribution is 8.01. The van der Waals surface area contributed by atoms with Crippen molar-refractivity contribution < 1.29 is 13.2 Å². The lowest BCUT2D eigenvalue weighted by atomic mass is 10.1. The lowest BCUT2D eigenvalue weighted by Crippen LogP contribution is -2.29. The van der Waals surface area contributed by atoms with Gasteiger partial charge in [0.2, 0.25) is 15.2 Å². The molecule has 0 saturated carbocycles. The molecule has 0 bridgehead atoms. The van der Waals surface area contributed by atoms with Crippen LogP contribution in [-0.2, 0) is 16.6 Å². The van der Waals surface area contributed by atoms with Gasteiger partial charge in [-0.15, -0.1) is 10.2 Å². The van der Waals surface area contributed by atoms with Gasteiger partial charge in [0.15, 0.2) is 4.34 Å². The fourth-order valence-corrected chi connectivity index (χ4v) is 5.44. The van der Waals surface area contributed by atoms with Crippen molar-refractivity contribution in [3.8, 4) is 0 Å². The summed E-state index contributed by atoms with van der Waals surface area (Å²) in [7, 11) is -3.48. The zero-order chi connectivity index (χ0) is 23.3. The van der Waals surface area contributed by atoms with Gasteiger partial charge in [-0.3, -0.25) is 14.4 Å². The fraction of sp³-hybridized carbons (Fsp3) is 0.318. The number of amides is 1. The van der Waals surface area contributed by atoms with Gasteiger partial charge in [-0.05, 0) is 61.2 Å². The Morgan fingerprint density at radius 1 is 1.09 bits per heavy atom. The molecule has 3 rings (SSSR count). The molecule has 170 valence electrons. The van der Waals surface area contributed by atoms with Crippen LogP contribution >= 0.6 is 23.1 Å². The minimum absolute atomic E-state index is 0.178. The van der Waals surface area contributed by atoms with Crippen molar-refractivity contribution >= 4 is 49.8 Å². The number of thioether (sulfide) groups is 1. The Hall–Kier alpha value is -2.43. The molecule has 7 nitrogen and oxygen atoms in total. The van der Waals surface area contributed by atoms with Gasteiger partial charge in [-0.25, -0.2) is 8.42 Å². The Morgan fingerprint density at radius 3 is 2.44 bits per heavy atom. The van der Waals surface area contributed by atoms with Crippen molar-refractivity contribution in [1.82, 2.24) is 10.2 Å². The van der Waals surface area contributed by atoms with Gasteiger partial charge < -0.3 is 0 Å². The van der Waals surface area contributed by atoms with E-state index >= 15 is 0 Å². The zero-order valence-corrected chi connectivity index (χ0v) is 20.9. The Kier molecular flexibility index (Phi) is 7.91. The first kappa shape index (κ1) is 24.2. The lowest BCUT2D eigenvalue weighted by molar-refractivity contribution is 0.102. The fourth-order valence-electron chi connectivity index (χ4n) is 2.89. The third-order valence-electron chi connectivity index (χ3n) is 4.78. The Bertz CT molecular complexity index is 1190. The van der Waals surface area contributed by atoms with Crippen LogP contribution in [0.3, 0.4) is 0 Å². The average Bonchev–Trinajstić information content (AvgIpc) is 3.19. The molecule has 0 spiro atoms. The Labute approximate surface area is 197 Å². The molecule has 0 aliphatic carbocycles. The van der Waals surface area contributed by atoms with Gasteiger partial charge in [0.05, 0.1) is 18.5 Å². The van der Waals surface area contributed by atoms with Crippen LogP contribution in [0.2, 0.25) is 0 Å². The summed E-state index contributed by atoms with van der Waals surface area (Å²) in [5.41, 5.74) is 3.98. The molecule has 0 aliphatic heterocycles. The minimum atomic E-state index is -3.48. The predicted octanol–water partition coefficient (Wildman–Crippen LogP) is 4.88. The van der Waals surface area contributed by atoms with Crippen LogP contribution in [0.15, 0.2) is 46.8 Å². The minimum Gasteiger partial charge on any atom is -0.296 e. The van der Waals surface area contributed by atoms with Crippen LogP contribution < -0.4 is 9.62 Å². The maximum absolute atomic E-state index is 12.5. The highest BCUT2D eigenvalue weighted by Gasteiger charge is 2.19. The maximum Gasteiger partial charge on any atom is 0.257 e. The van der Waals surface area contributed by atoms with Gasteiger partial charge in [-0.2, -0.15) is 0 Å². The van der Waals surface area contributed by atoms with Crippen LogP contribution in [0, 0.1) is 13.8 Å². The normalized spacial score (nSPS) is 11.4. The standard InChI is InChI=1S/C22H26N4O3S3/c1-5-12-30-22-25-24-21(31-22)23-20(27)18-9-7-17(8-10-18)14-26(32(4,28)29)19-11-6-15(2)16(3)13-19/h6-11,13H,5,12,14H2,1-4H3,(H,23,24,27). The van der Waals surface area contributed by atoms with Gasteiger partial charge >= 0.3 is 0 Å². The first-order valence-electron chi connectivity index (χ1n) is 10.1. The quantitative estimate of drug-likeness (QED) is 0.340. The second-order valence-corrected chi connectivity index (χ2v) is 11.6. The second kappa shape index (κ2) is 10.5. The molecule has 0 radical (unpaired) electrons. The zero-order valence-electron chi connectivity index (χ0n) is 18.5. The van der Waals surface area contributed by atoms with Crippen molar-refractivity contribution in [3.63, 3.8) is 0 Å². The van der Waals surface area contributed by atoms with E-state index in [2.05, 4.69) is 22.4 Å². The van der Waals surface area contributed by atoms with Gasteiger partial charge in [0.1, 0.15) is 0 Å². The van der Waals surface area contributed by atoms with Gasteiger partial charge in [0, 0.05) is 11.3 Å². The number of benzene rings is 2. The highest BCUT2D eigenvalue weighted by Crippen LogP contribution is 2.26. The van der Waals surface area contributed by atoms with E-state index in [9.17, 15) is 13.2 Å². The van der Waals surface area contributed by atoms with E-state index in [-0.39, 0.29) is 12.5 Å². The Morgan fingerprint density at radius 2 is 1.81 bits per heavy atom. The molecule has 3 aromatic rings. The summed E-state index contributed by atoms with van der Waals surface area (Å²) in [6.45, 7) is 6.21. The third-order valence-corrected chi connectivity index (χ3v) is 8.10. The summed E-state index contributed by atoms with van der Waals surface area (Å²) in [5.74, 6) is 0.672. The largest absolute Gasteiger partial charge is 0.296 e. The first-order valence-corrected chi connectivity index (χ1v) is 13.7. The summed E-state index contributed by atoms with van der Waals surface area (Å²) < 4.78 is 27.0. The monoisotopic (exact) mass is 490 g/mol. The summed E-state index contributed by atoms with van der Waals surface area (Å²) >= 11 is 2.96. The third kappa shape index (κ3) is 6.30. The highest BCUT2D eigenvalue weighted by atomic mass is 32.2. The number of carbonyl (C=O) groups is 1. The van der Waals surface area contributed by atoms with E-state index in [1.807, 2.05) is 26.0 Å². The number of hydrogen-bond donors (Lipinski definition) is 1. The molecule has 10 heteroatoms. The van der Waals surface area contributed by atoms with Gasteiger partial charge in [-0.1, -0.05) is 48.2 Å². The van der Waals surface area contributed by atoms with Crippen molar-refractivity contribution in [3.05, 3.63) is 64.7 Å². The van der Waals surface area contributed by atoms with E-state index in [1.54, 1.807) is 42.1 Å². The molecule has 1 aromatic heterocycles. The molecular weight excluding hydrogens is 464 g/mol. The van der Waals surface area contributed by atoms with E-state index in [0.29, 0.717) is 16.4 Å². The summed E-state index contributed by atoms with van der Waals surface area (Å²) in [4.78, 5) is 12.5. The first-order chi connectivity index (χ1) is 15.2. The number of aryl methyl sites for hydroxylation is 2. The Balaban J connectivity index is 1.71. The van der Waals surface area contributed by atoms with E-state index in [4.69, 9.17) is 0 Å². The lowest BCUT2D eigenvalue weighted by Gasteiger charge is -2.23. The number of rotatable bonds is 9. The van der Waals surface area contributed by atoms with Crippen molar-refractivity contribution in [2.24, 2.45) is 0 Å². The maximum atomic E-state index is 12.5. The number of sulfonamides is 1. The number of carbonyl (C=O) groups excluding carboxylic acids is 1. The summed E-state index contributed by atoms with van der Waals surface area (Å²) in [6.07, 6.45) is 2.23. The predicted molar refractivity (Wildman–Crippen MR) is 132 cm³/mol. The molecule has 1 heterocycles. The topological polar surface area (TPSA) is 92.3 Å². The number of anilines is 2. The second-order valence-electron chi connectivity index (χ2n) is 7.41. The van der Waals surface area contributed by atoms with E-state index in [0.717, 1.165) is 33.2 Å². The number of nitrogens with one attached hydrogen (secondary N) is 1. The van der Waals surface area contributed by atoms with Crippen molar-refractivity contribution in [2.75, 3.05) is 21.6 Å². The molecule has 0 saturated heterocycles. The average molecular weight is 491 g/mol. The van der Waals surface area contributed by atoms with Crippen LogP contribution in [0.1, 0.15) is 40.4 Å². The molecule has 0 unspecified atom stereocenters. The molecule has 1 N–H and O–H groups in total. The molecule has 32 heavy (non-hydrogen) atoms. The van der Waals surface area contributed by atoms with Crippen molar-refractivity contribution in [2.45, 2.75) is 38.1 Å². The smallest absolute Gasteiger partial charge is 0.257 e. The van der Waals surface area contributed by atoms with Crippen LogP contribution in [0.5, 0.6) is 0 Å². The number of hydrogen-bond acceptors (Lipinski definition) is 7. The van der Waals surface area contributed by atoms with Gasteiger partial charge in [0.25, 0.3) is 5.91 Å². The van der Waals surface area contributed by atoms with E-state index < -0.39 is 10.0 Å². The molecule has 0 aliphatic rings. The SMILES string of the molecule is CCCSc1nnc(NC(=O)c2ccc(CN(c3ccc(C)c(C)c3)S(C)(=O)=O)cc2)s1. The molecule has 0 atom stereocenters. The van der Waals surface area contributed by atoms with E-state index in [1.165, 1.54) is 21.9 Å². The summed E-state index contributed by atoms with van der Waals surface area (Å²) in [6, 6.07) is 12.5. The van der Waals surface area contributed by atoms with Crippen LogP contribution in [0.25, 0.3) is 0 Å².